The van der Waals surface area contributed by atoms with Gasteiger partial charge in [-0.15, -0.1) is 0 Å². The molecule has 0 spiro atoms. The van der Waals surface area contributed by atoms with Crippen molar-refractivity contribution >= 4 is 28.9 Å². The first-order valence-corrected chi connectivity index (χ1v) is 8.28. The number of nitriles is 1. The molecule has 5 heteroatoms. The highest BCUT2D eigenvalue weighted by Gasteiger charge is 2.19. The Morgan fingerprint density at radius 2 is 2.17 bits per heavy atom. The molecule has 0 saturated heterocycles. The third-order valence-electron chi connectivity index (χ3n) is 4.16. The zero-order valence-electron chi connectivity index (χ0n) is 13.5. The first-order valence-electron chi connectivity index (χ1n) is 7.91. The minimum absolute atomic E-state index is 0.0933. The second-order valence-electron chi connectivity index (χ2n) is 6.01. The molecule has 1 aliphatic rings. The summed E-state index contributed by atoms with van der Waals surface area (Å²) in [6, 6.07) is 13.3. The van der Waals surface area contributed by atoms with Gasteiger partial charge in [0.25, 0.3) is 0 Å². The number of benzene rings is 2. The van der Waals surface area contributed by atoms with Crippen LogP contribution in [0.3, 0.4) is 0 Å². The number of fused-ring (bicyclic) bond motifs is 1. The Morgan fingerprint density at radius 1 is 1.33 bits per heavy atom. The van der Waals surface area contributed by atoms with Crippen LogP contribution in [0.2, 0.25) is 5.02 Å². The molecule has 1 amide bonds. The summed E-state index contributed by atoms with van der Waals surface area (Å²) < 4.78 is 0. The van der Waals surface area contributed by atoms with Crippen molar-refractivity contribution in [2.45, 2.75) is 19.8 Å². The number of rotatable bonds is 3. The first kappa shape index (κ1) is 16.4. The number of anilines is 2. The van der Waals surface area contributed by atoms with Gasteiger partial charge >= 0.3 is 0 Å². The van der Waals surface area contributed by atoms with Crippen molar-refractivity contribution in [1.82, 2.24) is 0 Å². The fourth-order valence-electron chi connectivity index (χ4n) is 3.03. The van der Waals surface area contributed by atoms with Crippen molar-refractivity contribution in [3.8, 4) is 6.07 Å². The molecule has 2 aromatic carbocycles. The molecule has 0 aliphatic carbocycles. The second-order valence-corrected chi connectivity index (χ2v) is 6.42. The van der Waals surface area contributed by atoms with E-state index in [1.165, 1.54) is 11.1 Å². The summed E-state index contributed by atoms with van der Waals surface area (Å²) >= 11 is 6.00. The van der Waals surface area contributed by atoms with Crippen LogP contribution >= 0.6 is 11.6 Å². The molecular weight excluding hydrogens is 322 g/mol. The highest BCUT2D eigenvalue weighted by Crippen LogP contribution is 2.28. The average molecular weight is 340 g/mol. The lowest BCUT2D eigenvalue weighted by Crippen LogP contribution is -2.36. The van der Waals surface area contributed by atoms with E-state index in [0.29, 0.717) is 22.8 Å². The third-order valence-corrected chi connectivity index (χ3v) is 4.47. The van der Waals surface area contributed by atoms with E-state index < -0.39 is 0 Å². The van der Waals surface area contributed by atoms with Gasteiger partial charge in [-0.2, -0.15) is 5.26 Å². The summed E-state index contributed by atoms with van der Waals surface area (Å²) in [5, 5.41) is 12.1. The number of hydrogen-bond donors (Lipinski definition) is 1. The molecule has 0 aromatic heterocycles. The fraction of sp³-hybridized carbons (Fsp3) is 0.263. The lowest BCUT2D eigenvalue weighted by molar-refractivity contribution is -0.115. The Morgan fingerprint density at radius 3 is 2.92 bits per heavy atom. The SMILES string of the molecule is Cc1ccc2c(c1)CCCN2CC(=O)Nc1ccc(C#N)c(Cl)c1. The molecule has 4 nitrogen and oxygen atoms in total. The maximum absolute atomic E-state index is 12.4. The van der Waals surface area contributed by atoms with Gasteiger partial charge in [0.05, 0.1) is 17.1 Å². The van der Waals surface area contributed by atoms with E-state index in [9.17, 15) is 4.79 Å². The number of nitrogens with zero attached hydrogens (tertiary/aromatic N) is 2. The Balaban J connectivity index is 1.70. The van der Waals surface area contributed by atoms with Crippen LogP contribution in [0.4, 0.5) is 11.4 Å². The van der Waals surface area contributed by atoms with Crippen LogP contribution in [0, 0.1) is 18.3 Å². The van der Waals surface area contributed by atoms with E-state index in [4.69, 9.17) is 16.9 Å². The van der Waals surface area contributed by atoms with Crippen molar-refractivity contribution < 1.29 is 4.79 Å². The summed E-state index contributed by atoms with van der Waals surface area (Å²) in [5.41, 5.74) is 4.68. The number of hydrogen-bond acceptors (Lipinski definition) is 3. The molecule has 0 atom stereocenters. The van der Waals surface area contributed by atoms with E-state index in [2.05, 4.69) is 35.3 Å². The quantitative estimate of drug-likeness (QED) is 0.922. The molecule has 1 heterocycles. The van der Waals surface area contributed by atoms with Gasteiger partial charge in [0.15, 0.2) is 0 Å². The number of carbonyl (C=O) groups excluding carboxylic acids is 1. The molecule has 0 radical (unpaired) electrons. The molecule has 0 saturated carbocycles. The van der Waals surface area contributed by atoms with Gasteiger partial charge in [-0.25, -0.2) is 0 Å². The largest absolute Gasteiger partial charge is 0.362 e. The van der Waals surface area contributed by atoms with Gasteiger partial charge in [0.1, 0.15) is 6.07 Å². The molecule has 1 aliphatic heterocycles. The van der Waals surface area contributed by atoms with E-state index in [0.717, 1.165) is 25.1 Å². The summed E-state index contributed by atoms with van der Waals surface area (Å²) in [6.45, 7) is 3.26. The molecule has 0 fully saturated rings. The molecule has 0 bridgehead atoms. The summed E-state index contributed by atoms with van der Waals surface area (Å²) in [7, 11) is 0. The Bertz CT molecular complexity index is 826. The van der Waals surface area contributed by atoms with Crippen molar-refractivity contribution in [3.63, 3.8) is 0 Å². The molecule has 2 aromatic rings. The van der Waals surface area contributed by atoms with Gasteiger partial charge in [-0.1, -0.05) is 29.3 Å². The average Bonchev–Trinajstić information content (AvgIpc) is 2.55. The standard InChI is InChI=1S/C19H18ClN3O/c1-13-4-7-18-14(9-13)3-2-8-23(18)12-19(24)22-16-6-5-15(11-21)17(20)10-16/h4-7,9-10H,2-3,8,12H2,1H3,(H,22,24). The second kappa shape index (κ2) is 6.94. The number of nitrogens with one attached hydrogen (secondary N) is 1. The molecular formula is C19H18ClN3O. The fourth-order valence-corrected chi connectivity index (χ4v) is 3.25. The summed E-state index contributed by atoms with van der Waals surface area (Å²) in [4.78, 5) is 14.5. The molecule has 3 rings (SSSR count). The van der Waals surface area contributed by atoms with E-state index in [-0.39, 0.29) is 5.91 Å². The topological polar surface area (TPSA) is 56.1 Å². The van der Waals surface area contributed by atoms with Gasteiger partial charge in [-0.05, 0) is 49.6 Å². The van der Waals surface area contributed by atoms with Crippen molar-refractivity contribution in [3.05, 3.63) is 58.1 Å². The van der Waals surface area contributed by atoms with Crippen LogP contribution in [0.15, 0.2) is 36.4 Å². The first-order chi connectivity index (χ1) is 11.6. The minimum Gasteiger partial charge on any atom is -0.362 e. The van der Waals surface area contributed by atoms with Crippen LogP contribution in [0.5, 0.6) is 0 Å². The van der Waals surface area contributed by atoms with E-state index >= 15 is 0 Å². The summed E-state index contributed by atoms with van der Waals surface area (Å²) in [5.74, 6) is -0.0933. The molecule has 0 unspecified atom stereocenters. The number of amides is 1. The van der Waals surface area contributed by atoms with Crippen LogP contribution in [0.1, 0.15) is 23.1 Å². The predicted molar refractivity (Wildman–Crippen MR) is 96.5 cm³/mol. The maximum atomic E-state index is 12.4. The predicted octanol–water partition coefficient (Wildman–Crippen LogP) is 3.91. The number of halogens is 1. The zero-order chi connectivity index (χ0) is 17.1. The summed E-state index contributed by atoms with van der Waals surface area (Å²) in [6.07, 6.45) is 2.10. The van der Waals surface area contributed by atoms with Gasteiger partial charge in [-0.3, -0.25) is 4.79 Å². The zero-order valence-corrected chi connectivity index (χ0v) is 14.2. The Kier molecular flexibility index (Phi) is 4.73. The highest BCUT2D eigenvalue weighted by molar-refractivity contribution is 6.32. The normalized spacial score (nSPS) is 13.1. The van der Waals surface area contributed by atoms with Crippen LogP contribution < -0.4 is 10.2 Å². The number of carbonyl (C=O) groups is 1. The lowest BCUT2D eigenvalue weighted by atomic mass is 9.99. The van der Waals surface area contributed by atoms with Crippen molar-refractivity contribution in [2.24, 2.45) is 0 Å². The van der Waals surface area contributed by atoms with E-state index in [1.807, 2.05) is 6.07 Å². The van der Waals surface area contributed by atoms with Crippen LogP contribution in [-0.4, -0.2) is 19.0 Å². The van der Waals surface area contributed by atoms with Crippen LogP contribution in [-0.2, 0) is 11.2 Å². The molecule has 24 heavy (non-hydrogen) atoms. The van der Waals surface area contributed by atoms with Gasteiger partial charge in [0.2, 0.25) is 5.91 Å². The molecule has 122 valence electrons. The van der Waals surface area contributed by atoms with Crippen molar-refractivity contribution in [2.75, 3.05) is 23.3 Å². The number of aryl methyl sites for hydroxylation is 2. The van der Waals surface area contributed by atoms with Crippen LogP contribution in [0.25, 0.3) is 0 Å². The smallest absolute Gasteiger partial charge is 0.243 e. The highest BCUT2D eigenvalue weighted by atomic mass is 35.5. The lowest BCUT2D eigenvalue weighted by Gasteiger charge is -2.31. The third kappa shape index (κ3) is 3.52. The Labute approximate surface area is 146 Å². The maximum Gasteiger partial charge on any atom is 0.243 e. The monoisotopic (exact) mass is 339 g/mol. The van der Waals surface area contributed by atoms with E-state index in [1.54, 1.807) is 18.2 Å². The Hall–Kier alpha value is -2.51. The van der Waals surface area contributed by atoms with Gasteiger partial charge in [0, 0.05) is 17.9 Å². The van der Waals surface area contributed by atoms with Crippen molar-refractivity contribution in [1.29, 1.82) is 5.26 Å². The van der Waals surface area contributed by atoms with Gasteiger partial charge < -0.3 is 10.2 Å². The minimum atomic E-state index is -0.0933. The molecule has 1 N–H and O–H groups in total.